The monoisotopic (exact) mass is 136 g/mol. The fourth-order valence-corrected chi connectivity index (χ4v) is 0.0781. The van der Waals surface area contributed by atoms with Crippen molar-refractivity contribution >= 4 is 5.97 Å². The molecule has 0 unspecified atom stereocenters. The number of hydrogen-bond acceptors (Lipinski definition) is 3. The van der Waals surface area contributed by atoms with Gasteiger partial charge in [0.1, 0.15) is 6.04 Å². The fourth-order valence-electron chi connectivity index (χ4n) is 0.0781. The van der Waals surface area contributed by atoms with E-state index in [1.165, 1.54) is 0 Å². The third-order valence-electron chi connectivity index (χ3n) is 0.514. The molecular formula is C4H7FNO3. The Morgan fingerprint density at radius 3 is 2.11 bits per heavy atom. The number of aliphatic hydroxyl groups excluding tert-OH is 1. The minimum atomic E-state index is -1.18. The summed E-state index contributed by atoms with van der Waals surface area (Å²) in [4.78, 5) is 9.65. The Labute approximate surface area is 52.1 Å². The average molecular weight is 136 g/mol. The molecule has 0 aliphatic carbocycles. The first kappa shape index (κ1) is 11.2. The lowest BCUT2D eigenvalue weighted by molar-refractivity contribution is -0.139. The number of aliphatic carboxylic acids is 1. The van der Waals surface area contributed by atoms with Gasteiger partial charge in [0.25, 0.3) is 0 Å². The van der Waals surface area contributed by atoms with Crippen molar-refractivity contribution in [3.05, 3.63) is 7.18 Å². The topological polar surface area (TPSA) is 83.5 Å². The summed E-state index contributed by atoms with van der Waals surface area (Å²) in [6.07, 6.45) is 0. The summed E-state index contributed by atoms with van der Waals surface area (Å²) < 4.78 is 8.75. The molecule has 0 aromatic rings. The lowest BCUT2D eigenvalue weighted by atomic mass is 10.3. The quantitative estimate of drug-likeness (QED) is 0.449. The molecule has 1 atom stereocenters. The summed E-state index contributed by atoms with van der Waals surface area (Å²) in [7, 11) is 4.25. The Hall–Kier alpha value is -0.680. The highest BCUT2D eigenvalue weighted by Gasteiger charge is 2.06. The average Bonchev–Trinajstić information content (AvgIpc) is 1.91. The van der Waals surface area contributed by atoms with Gasteiger partial charge in [-0.25, -0.2) is 4.39 Å². The molecular weight excluding hydrogens is 129 g/mol. The SMILES string of the molecule is N[C@@H](CO)C(=O)O.[C]F. The Balaban J connectivity index is 0. The summed E-state index contributed by atoms with van der Waals surface area (Å²) in [5.74, 6) is -1.18. The van der Waals surface area contributed by atoms with Crippen molar-refractivity contribution in [3.8, 4) is 0 Å². The van der Waals surface area contributed by atoms with Crippen LogP contribution in [0.1, 0.15) is 0 Å². The van der Waals surface area contributed by atoms with Crippen LogP contribution in [0.15, 0.2) is 0 Å². The molecule has 4 nitrogen and oxygen atoms in total. The van der Waals surface area contributed by atoms with Gasteiger partial charge >= 0.3 is 5.97 Å². The molecule has 53 valence electrons. The van der Waals surface area contributed by atoms with Gasteiger partial charge in [0.05, 0.1) is 6.61 Å². The predicted molar refractivity (Wildman–Crippen MR) is 27.0 cm³/mol. The van der Waals surface area contributed by atoms with E-state index in [2.05, 4.69) is 7.18 Å². The third kappa shape index (κ3) is 7.32. The standard InChI is InChI=1S/C3H7NO3.CF/c4-2(1-5)3(6)7;1-2/h2,5H,1,4H2,(H,6,7);/t2-;/m0./s1. The molecule has 0 spiro atoms. The number of carboxylic acid groups (broad SMARTS) is 1. The van der Waals surface area contributed by atoms with Gasteiger partial charge in [-0.2, -0.15) is 0 Å². The smallest absolute Gasteiger partial charge is 0.322 e. The van der Waals surface area contributed by atoms with Crippen molar-refractivity contribution in [3.63, 3.8) is 0 Å². The van der Waals surface area contributed by atoms with E-state index in [9.17, 15) is 4.79 Å². The predicted octanol–water partition coefficient (Wildman–Crippen LogP) is -1.11. The molecule has 3 radical (unpaired) electrons. The molecule has 0 saturated heterocycles. The van der Waals surface area contributed by atoms with Crippen LogP contribution >= 0.6 is 0 Å². The number of rotatable bonds is 2. The molecule has 0 heterocycles. The van der Waals surface area contributed by atoms with E-state index in [0.29, 0.717) is 0 Å². The zero-order valence-electron chi connectivity index (χ0n) is 4.54. The third-order valence-corrected chi connectivity index (χ3v) is 0.514. The van der Waals surface area contributed by atoms with Crippen molar-refractivity contribution in [1.82, 2.24) is 0 Å². The fraction of sp³-hybridized carbons (Fsp3) is 0.500. The number of aliphatic hydroxyl groups is 1. The first-order valence-corrected chi connectivity index (χ1v) is 1.96. The molecule has 0 aromatic heterocycles. The molecule has 0 aromatic carbocycles. The zero-order chi connectivity index (χ0) is 7.86. The Bertz CT molecular complexity index is 78.2. The van der Waals surface area contributed by atoms with Gasteiger partial charge in [-0.1, -0.05) is 0 Å². The van der Waals surface area contributed by atoms with Crippen molar-refractivity contribution in [2.75, 3.05) is 6.61 Å². The molecule has 0 bridgehead atoms. The van der Waals surface area contributed by atoms with E-state index in [1.54, 1.807) is 0 Å². The molecule has 4 N–H and O–H groups in total. The molecule has 0 saturated carbocycles. The number of carboxylic acids is 1. The minimum Gasteiger partial charge on any atom is -0.480 e. The van der Waals surface area contributed by atoms with Crippen LogP contribution < -0.4 is 5.73 Å². The highest BCUT2D eigenvalue weighted by atomic mass is 19.1. The number of halogens is 1. The van der Waals surface area contributed by atoms with E-state index in [4.69, 9.17) is 20.3 Å². The second-order valence-electron chi connectivity index (χ2n) is 1.13. The summed E-state index contributed by atoms with van der Waals surface area (Å²) in [5.41, 5.74) is 4.77. The minimum absolute atomic E-state index is 0.505. The molecule has 0 rings (SSSR count). The van der Waals surface area contributed by atoms with Gasteiger partial charge < -0.3 is 15.9 Å². The maximum absolute atomic E-state index is 9.65. The van der Waals surface area contributed by atoms with E-state index in [1.807, 2.05) is 0 Å². The van der Waals surface area contributed by atoms with Crippen molar-refractivity contribution < 1.29 is 19.4 Å². The number of nitrogens with two attached hydrogens (primary N) is 1. The molecule has 0 amide bonds. The van der Waals surface area contributed by atoms with Gasteiger partial charge in [0.15, 0.2) is 0 Å². The maximum atomic E-state index is 9.65. The summed E-state index contributed by atoms with van der Waals surface area (Å²) in [6, 6.07) is -1.13. The second kappa shape index (κ2) is 7.32. The summed E-state index contributed by atoms with van der Waals surface area (Å²) >= 11 is 0. The summed E-state index contributed by atoms with van der Waals surface area (Å²) in [5, 5.41) is 15.9. The van der Waals surface area contributed by atoms with Crippen LogP contribution in [0.3, 0.4) is 0 Å². The van der Waals surface area contributed by atoms with E-state index < -0.39 is 18.6 Å². The van der Waals surface area contributed by atoms with E-state index in [0.717, 1.165) is 0 Å². The van der Waals surface area contributed by atoms with Gasteiger partial charge in [-0.15, -0.1) is 0 Å². The number of carbonyl (C=O) groups is 1. The van der Waals surface area contributed by atoms with Crippen molar-refractivity contribution in [2.45, 2.75) is 6.04 Å². The van der Waals surface area contributed by atoms with Crippen molar-refractivity contribution in [2.24, 2.45) is 5.73 Å². The largest absolute Gasteiger partial charge is 0.480 e. The van der Waals surface area contributed by atoms with Crippen LogP contribution in [-0.2, 0) is 4.79 Å². The van der Waals surface area contributed by atoms with Crippen LogP contribution in [-0.4, -0.2) is 28.8 Å². The van der Waals surface area contributed by atoms with Crippen molar-refractivity contribution in [1.29, 1.82) is 0 Å². The maximum Gasteiger partial charge on any atom is 0.322 e. The van der Waals surface area contributed by atoms with Crippen LogP contribution in [0, 0.1) is 7.18 Å². The van der Waals surface area contributed by atoms with Gasteiger partial charge in [-0.3, -0.25) is 4.79 Å². The van der Waals surface area contributed by atoms with Gasteiger partial charge in [0, 0.05) is 0 Å². The Kier molecular flexibility index (Phi) is 9.08. The van der Waals surface area contributed by atoms with Crippen LogP contribution in [0.4, 0.5) is 4.39 Å². The summed E-state index contributed by atoms with van der Waals surface area (Å²) in [6.45, 7) is -0.505. The van der Waals surface area contributed by atoms with Crippen LogP contribution in [0.25, 0.3) is 0 Å². The first-order valence-electron chi connectivity index (χ1n) is 1.96. The Morgan fingerprint density at radius 2 is 2.11 bits per heavy atom. The van der Waals surface area contributed by atoms with E-state index in [-0.39, 0.29) is 0 Å². The molecule has 0 fully saturated rings. The molecule has 0 aliphatic heterocycles. The lowest BCUT2D eigenvalue weighted by Crippen LogP contribution is -2.33. The zero-order valence-corrected chi connectivity index (χ0v) is 4.54. The van der Waals surface area contributed by atoms with Gasteiger partial charge in [-0.05, 0) is 0 Å². The van der Waals surface area contributed by atoms with Crippen LogP contribution in [0.5, 0.6) is 0 Å². The highest BCUT2D eigenvalue weighted by Crippen LogP contribution is 1.71. The normalized spacial score (nSPS) is 11.1. The molecule has 5 heteroatoms. The number of hydrogen-bond donors (Lipinski definition) is 3. The molecule has 9 heavy (non-hydrogen) atoms. The van der Waals surface area contributed by atoms with Crippen LogP contribution in [0.2, 0.25) is 0 Å². The highest BCUT2D eigenvalue weighted by molar-refractivity contribution is 5.73. The van der Waals surface area contributed by atoms with E-state index >= 15 is 0 Å². The first-order chi connectivity index (χ1) is 4.18. The van der Waals surface area contributed by atoms with Gasteiger partial charge in [0.2, 0.25) is 7.18 Å². The lowest BCUT2D eigenvalue weighted by Gasteiger charge is -1.96. The molecule has 0 aliphatic rings. The Morgan fingerprint density at radius 1 is 1.78 bits per heavy atom. The second-order valence-corrected chi connectivity index (χ2v) is 1.13.